The Morgan fingerprint density at radius 2 is 1.40 bits per heavy atom. The van der Waals surface area contributed by atoms with E-state index in [0.717, 1.165) is 6.42 Å². The van der Waals surface area contributed by atoms with Crippen molar-refractivity contribution >= 4 is 5.97 Å². The Balaban J connectivity index is 1.32. The Hall–Kier alpha value is -0.570. The highest BCUT2D eigenvalue weighted by Gasteiger charge is 2.58. The zero-order chi connectivity index (χ0) is 14.2. The second-order valence-electron chi connectivity index (χ2n) is 6.32. The first kappa shape index (κ1) is 15.8. The van der Waals surface area contributed by atoms with Crippen LogP contribution in [0.1, 0.15) is 84.0 Å². The molecule has 20 heavy (non-hydrogen) atoms. The minimum atomic E-state index is -0.201. The van der Waals surface area contributed by atoms with Crippen LogP contribution >= 0.6 is 0 Å². The van der Waals surface area contributed by atoms with E-state index in [4.69, 9.17) is 9.47 Å². The fraction of sp³-hybridized carbons (Fsp3) is 0.941. The Kier molecular flexibility index (Phi) is 6.85. The fourth-order valence-corrected chi connectivity index (χ4v) is 3.11. The summed E-state index contributed by atoms with van der Waals surface area (Å²) >= 11 is 0. The van der Waals surface area contributed by atoms with Crippen LogP contribution in [0.3, 0.4) is 0 Å². The van der Waals surface area contributed by atoms with Crippen molar-refractivity contribution in [3.63, 3.8) is 0 Å². The normalized spacial score (nSPS) is 27.4. The molecule has 116 valence electrons. The largest absolute Gasteiger partial charge is 0.457 e. The number of hydrogen-bond acceptors (Lipinski definition) is 3. The summed E-state index contributed by atoms with van der Waals surface area (Å²) < 4.78 is 10.5. The molecule has 0 spiro atoms. The van der Waals surface area contributed by atoms with Crippen molar-refractivity contribution in [2.75, 3.05) is 0 Å². The molecule has 0 aliphatic carbocycles. The molecule has 2 aliphatic rings. The quantitative estimate of drug-likeness (QED) is 0.303. The van der Waals surface area contributed by atoms with Crippen molar-refractivity contribution in [2.45, 2.75) is 102 Å². The second kappa shape index (κ2) is 8.66. The molecule has 0 amide bonds. The lowest BCUT2D eigenvalue weighted by atomic mass is 10.0. The van der Waals surface area contributed by atoms with Crippen molar-refractivity contribution in [3.8, 4) is 0 Å². The highest BCUT2D eigenvalue weighted by Crippen LogP contribution is 2.37. The molecule has 3 heteroatoms. The van der Waals surface area contributed by atoms with Gasteiger partial charge in [-0.15, -0.1) is 0 Å². The Morgan fingerprint density at radius 1 is 0.850 bits per heavy atom. The standard InChI is InChI=1S/C17H30O3/c1-2-3-4-5-6-7-8-9-10-11-12-13-14-15-16(20-15)17(18)19-14/h14-16H,2-13H2,1H3/t14-,15-,16-/m1/s1. The molecule has 3 nitrogen and oxygen atoms in total. The molecule has 0 saturated carbocycles. The SMILES string of the molecule is CCCCCCCCCCCCC[C@H]1OC(=O)[C@@H]2O[C@H]12. The van der Waals surface area contributed by atoms with Crippen LogP contribution < -0.4 is 0 Å². The van der Waals surface area contributed by atoms with E-state index in [0.29, 0.717) is 0 Å². The number of rotatable bonds is 12. The van der Waals surface area contributed by atoms with Gasteiger partial charge in [0.25, 0.3) is 0 Å². The average Bonchev–Trinajstić information content (AvgIpc) is 3.18. The van der Waals surface area contributed by atoms with Gasteiger partial charge in [-0.3, -0.25) is 0 Å². The van der Waals surface area contributed by atoms with Crippen LogP contribution in [-0.4, -0.2) is 24.3 Å². The number of cyclic esters (lactones) is 1. The minimum Gasteiger partial charge on any atom is -0.457 e. The number of carbonyl (C=O) groups excluding carboxylic acids is 1. The molecule has 0 aromatic carbocycles. The average molecular weight is 282 g/mol. The fourth-order valence-electron chi connectivity index (χ4n) is 3.11. The first-order valence-corrected chi connectivity index (χ1v) is 8.69. The summed E-state index contributed by atoms with van der Waals surface area (Å²) in [6, 6.07) is 0. The number of hydrogen-bond donors (Lipinski definition) is 0. The molecular weight excluding hydrogens is 252 g/mol. The maximum atomic E-state index is 11.2. The van der Waals surface area contributed by atoms with Crippen molar-refractivity contribution < 1.29 is 14.3 Å². The smallest absolute Gasteiger partial charge is 0.338 e. The van der Waals surface area contributed by atoms with Crippen molar-refractivity contribution in [2.24, 2.45) is 0 Å². The summed E-state index contributed by atoms with van der Waals surface area (Å²) in [5.74, 6) is -0.136. The van der Waals surface area contributed by atoms with E-state index in [2.05, 4.69) is 6.92 Å². The van der Waals surface area contributed by atoms with Crippen molar-refractivity contribution in [1.82, 2.24) is 0 Å². The van der Waals surface area contributed by atoms with Crippen LogP contribution in [-0.2, 0) is 14.3 Å². The third-order valence-corrected chi connectivity index (χ3v) is 4.48. The van der Waals surface area contributed by atoms with Gasteiger partial charge in [-0.05, 0) is 12.8 Å². The highest BCUT2D eigenvalue weighted by atomic mass is 16.7. The van der Waals surface area contributed by atoms with Gasteiger partial charge < -0.3 is 9.47 Å². The third-order valence-electron chi connectivity index (χ3n) is 4.48. The van der Waals surface area contributed by atoms with E-state index in [9.17, 15) is 4.79 Å². The number of fused-ring (bicyclic) bond motifs is 1. The lowest BCUT2D eigenvalue weighted by molar-refractivity contribution is -0.149. The lowest BCUT2D eigenvalue weighted by Gasteiger charge is -2.10. The van der Waals surface area contributed by atoms with Gasteiger partial charge in [0.05, 0.1) is 0 Å². The summed E-state index contributed by atoms with van der Waals surface area (Å²) in [6.45, 7) is 2.27. The molecule has 0 unspecified atom stereocenters. The van der Waals surface area contributed by atoms with Gasteiger partial charge in [0.15, 0.2) is 6.10 Å². The van der Waals surface area contributed by atoms with E-state index in [1.54, 1.807) is 0 Å². The van der Waals surface area contributed by atoms with Crippen molar-refractivity contribution in [1.29, 1.82) is 0 Å². The van der Waals surface area contributed by atoms with Gasteiger partial charge in [0.1, 0.15) is 12.2 Å². The molecule has 2 heterocycles. The number of ether oxygens (including phenoxy) is 2. The summed E-state index contributed by atoms with van der Waals surface area (Å²) in [4.78, 5) is 11.2. The van der Waals surface area contributed by atoms with Crippen LogP contribution in [0.15, 0.2) is 0 Å². The van der Waals surface area contributed by atoms with Gasteiger partial charge in [-0.25, -0.2) is 4.79 Å². The molecule has 3 atom stereocenters. The first-order valence-electron chi connectivity index (χ1n) is 8.69. The monoisotopic (exact) mass is 282 g/mol. The second-order valence-corrected chi connectivity index (χ2v) is 6.32. The summed E-state index contributed by atoms with van der Waals surface area (Å²) in [5.41, 5.74) is 0. The molecule has 0 bridgehead atoms. The topological polar surface area (TPSA) is 38.8 Å². The number of esters is 1. The maximum Gasteiger partial charge on any atom is 0.338 e. The molecule has 2 saturated heterocycles. The molecule has 2 fully saturated rings. The summed E-state index contributed by atoms with van der Waals surface area (Å²) in [5, 5.41) is 0. The van der Waals surface area contributed by atoms with E-state index in [1.165, 1.54) is 70.6 Å². The van der Waals surface area contributed by atoms with Gasteiger partial charge >= 0.3 is 5.97 Å². The van der Waals surface area contributed by atoms with Crippen molar-refractivity contribution in [3.05, 3.63) is 0 Å². The highest BCUT2D eigenvalue weighted by molar-refractivity contribution is 5.81. The predicted octanol–water partition coefficient (Wildman–Crippen LogP) is 4.38. The van der Waals surface area contributed by atoms with Crippen LogP contribution in [0.4, 0.5) is 0 Å². The third kappa shape index (κ3) is 5.08. The van der Waals surface area contributed by atoms with Gasteiger partial charge in [-0.1, -0.05) is 71.1 Å². The van der Waals surface area contributed by atoms with E-state index >= 15 is 0 Å². The molecular formula is C17H30O3. The molecule has 0 radical (unpaired) electrons. The molecule has 0 aromatic rings. The molecule has 2 rings (SSSR count). The van der Waals surface area contributed by atoms with Crippen LogP contribution in [0.25, 0.3) is 0 Å². The number of carbonyl (C=O) groups is 1. The van der Waals surface area contributed by atoms with E-state index < -0.39 is 0 Å². The predicted molar refractivity (Wildman–Crippen MR) is 79.6 cm³/mol. The van der Waals surface area contributed by atoms with Gasteiger partial charge in [0.2, 0.25) is 0 Å². The summed E-state index contributed by atoms with van der Waals surface area (Å²) in [6.07, 6.45) is 15.9. The Bertz CT molecular complexity index is 290. The minimum absolute atomic E-state index is 0.0612. The maximum absolute atomic E-state index is 11.2. The first-order chi connectivity index (χ1) is 9.83. The van der Waals surface area contributed by atoms with E-state index in [1.807, 2.05) is 0 Å². The van der Waals surface area contributed by atoms with Crippen LogP contribution in [0, 0.1) is 0 Å². The molecule has 0 N–H and O–H groups in total. The zero-order valence-corrected chi connectivity index (χ0v) is 12.9. The van der Waals surface area contributed by atoms with E-state index in [-0.39, 0.29) is 24.3 Å². The Morgan fingerprint density at radius 3 is 1.85 bits per heavy atom. The summed E-state index contributed by atoms with van der Waals surface area (Å²) in [7, 11) is 0. The molecule has 0 aromatic heterocycles. The number of epoxide rings is 1. The Labute approximate surface area is 123 Å². The zero-order valence-electron chi connectivity index (χ0n) is 12.9. The lowest BCUT2D eigenvalue weighted by Crippen LogP contribution is -2.15. The molecule has 2 aliphatic heterocycles. The van der Waals surface area contributed by atoms with Crippen LogP contribution in [0.5, 0.6) is 0 Å². The number of unbranched alkanes of at least 4 members (excludes halogenated alkanes) is 10. The van der Waals surface area contributed by atoms with Gasteiger partial charge in [0, 0.05) is 0 Å². The van der Waals surface area contributed by atoms with Gasteiger partial charge in [-0.2, -0.15) is 0 Å². The van der Waals surface area contributed by atoms with Crippen LogP contribution in [0.2, 0.25) is 0 Å².